The monoisotopic (exact) mass is 404 g/mol. The van der Waals surface area contributed by atoms with E-state index < -0.39 is 15.9 Å². The van der Waals surface area contributed by atoms with E-state index in [4.69, 9.17) is 14.6 Å². The first-order valence-electron chi connectivity index (χ1n) is 8.57. The van der Waals surface area contributed by atoms with Gasteiger partial charge in [0.2, 0.25) is 15.9 Å². The van der Waals surface area contributed by atoms with Gasteiger partial charge < -0.3 is 14.8 Å². The highest BCUT2D eigenvalue weighted by Gasteiger charge is 2.13. The van der Waals surface area contributed by atoms with Crippen molar-refractivity contribution in [2.75, 3.05) is 12.4 Å². The zero-order valence-electron chi connectivity index (χ0n) is 16.2. The Kier molecular flexibility index (Phi) is 6.82. The number of aryl methyl sites for hydroxylation is 1. The number of hydrogen-bond acceptors (Lipinski definition) is 5. The van der Waals surface area contributed by atoms with E-state index >= 15 is 0 Å². The second kappa shape index (κ2) is 8.90. The van der Waals surface area contributed by atoms with E-state index in [0.717, 1.165) is 5.56 Å². The van der Waals surface area contributed by atoms with E-state index in [0.29, 0.717) is 22.7 Å². The average Bonchev–Trinajstić information content (AvgIpc) is 2.61. The topological polar surface area (TPSA) is 108 Å². The zero-order valence-corrected chi connectivity index (χ0v) is 17.0. The molecule has 0 radical (unpaired) electrons. The van der Waals surface area contributed by atoms with Crippen LogP contribution in [0.25, 0.3) is 6.08 Å². The minimum atomic E-state index is -3.86. The summed E-state index contributed by atoms with van der Waals surface area (Å²) in [4.78, 5) is 12.1. The van der Waals surface area contributed by atoms with E-state index in [1.807, 2.05) is 13.8 Å². The molecule has 0 unspecified atom stereocenters. The van der Waals surface area contributed by atoms with Crippen LogP contribution in [0.3, 0.4) is 0 Å². The standard InChI is InChI=1S/C20H24N2O5S/c1-13(2)27-17-9-6-15(11-18(17)26-4)7-10-20(23)22-16-8-5-14(3)19(12-16)28(21,24)25/h5-13H,1-4H3,(H,22,23)(H2,21,24,25)/b10-7+. The predicted molar refractivity (Wildman–Crippen MR) is 109 cm³/mol. The van der Waals surface area contributed by atoms with Crippen molar-refractivity contribution in [2.24, 2.45) is 5.14 Å². The molecule has 0 aliphatic rings. The first kappa shape index (κ1) is 21.5. The van der Waals surface area contributed by atoms with Crippen molar-refractivity contribution in [1.29, 1.82) is 0 Å². The molecule has 0 aromatic heterocycles. The van der Waals surface area contributed by atoms with Crippen LogP contribution in [0.15, 0.2) is 47.4 Å². The van der Waals surface area contributed by atoms with Crippen LogP contribution in [0.2, 0.25) is 0 Å². The third-order valence-corrected chi connectivity index (χ3v) is 4.79. The number of primary sulfonamides is 1. The molecule has 0 aliphatic heterocycles. The van der Waals surface area contributed by atoms with Gasteiger partial charge in [-0.05, 0) is 62.2 Å². The Labute approximate surface area is 165 Å². The van der Waals surface area contributed by atoms with E-state index in [9.17, 15) is 13.2 Å². The number of rotatable bonds is 7. The van der Waals surface area contributed by atoms with Crippen molar-refractivity contribution >= 4 is 27.7 Å². The van der Waals surface area contributed by atoms with Crippen molar-refractivity contribution in [3.8, 4) is 11.5 Å². The first-order chi connectivity index (χ1) is 13.1. The summed E-state index contributed by atoms with van der Waals surface area (Å²) in [5.74, 6) is 0.771. The zero-order chi connectivity index (χ0) is 20.9. The summed E-state index contributed by atoms with van der Waals surface area (Å²) < 4.78 is 34.1. The number of anilines is 1. The summed E-state index contributed by atoms with van der Waals surface area (Å²) in [6, 6.07) is 9.85. The van der Waals surface area contributed by atoms with Gasteiger partial charge in [0.25, 0.3) is 0 Å². The largest absolute Gasteiger partial charge is 0.493 e. The number of carbonyl (C=O) groups is 1. The molecular formula is C20H24N2O5S. The Hall–Kier alpha value is -2.84. The number of methoxy groups -OCH3 is 1. The fraction of sp³-hybridized carbons (Fsp3) is 0.250. The summed E-state index contributed by atoms with van der Waals surface area (Å²) in [5, 5.41) is 7.80. The smallest absolute Gasteiger partial charge is 0.248 e. The van der Waals surface area contributed by atoms with Crippen molar-refractivity contribution < 1.29 is 22.7 Å². The molecule has 0 aliphatic carbocycles. The van der Waals surface area contributed by atoms with Crippen LogP contribution in [-0.4, -0.2) is 27.5 Å². The second-order valence-corrected chi connectivity index (χ2v) is 7.95. The van der Waals surface area contributed by atoms with Gasteiger partial charge in [0, 0.05) is 11.8 Å². The minimum Gasteiger partial charge on any atom is -0.493 e. The maximum Gasteiger partial charge on any atom is 0.248 e. The lowest BCUT2D eigenvalue weighted by Crippen LogP contribution is -2.15. The SMILES string of the molecule is COc1cc(/C=C/C(=O)Nc2ccc(C)c(S(N)(=O)=O)c2)ccc1OC(C)C. The first-order valence-corrected chi connectivity index (χ1v) is 10.1. The lowest BCUT2D eigenvalue weighted by atomic mass is 10.2. The van der Waals surface area contributed by atoms with Crippen LogP contribution < -0.4 is 19.9 Å². The van der Waals surface area contributed by atoms with Gasteiger partial charge in [-0.15, -0.1) is 0 Å². The summed E-state index contributed by atoms with van der Waals surface area (Å²) in [6.07, 6.45) is 2.97. The summed E-state index contributed by atoms with van der Waals surface area (Å²) in [5.41, 5.74) is 1.59. The van der Waals surface area contributed by atoms with Crippen LogP contribution in [0.1, 0.15) is 25.0 Å². The van der Waals surface area contributed by atoms with Gasteiger partial charge in [-0.1, -0.05) is 12.1 Å². The number of nitrogens with two attached hydrogens (primary N) is 1. The number of nitrogens with one attached hydrogen (secondary N) is 1. The molecule has 0 spiro atoms. The van der Waals surface area contributed by atoms with Crippen molar-refractivity contribution in [3.63, 3.8) is 0 Å². The molecule has 0 saturated carbocycles. The molecule has 7 nitrogen and oxygen atoms in total. The Bertz CT molecular complexity index is 998. The molecule has 28 heavy (non-hydrogen) atoms. The number of benzene rings is 2. The number of sulfonamides is 1. The van der Waals surface area contributed by atoms with Gasteiger partial charge in [-0.25, -0.2) is 13.6 Å². The molecule has 0 heterocycles. The molecule has 0 atom stereocenters. The van der Waals surface area contributed by atoms with Gasteiger partial charge in [0.1, 0.15) is 0 Å². The maximum atomic E-state index is 12.2. The van der Waals surface area contributed by atoms with Gasteiger partial charge in [0.15, 0.2) is 11.5 Å². The fourth-order valence-corrected chi connectivity index (χ4v) is 3.29. The maximum absolute atomic E-state index is 12.2. The van der Waals surface area contributed by atoms with Crippen LogP contribution in [-0.2, 0) is 14.8 Å². The van der Waals surface area contributed by atoms with Crippen molar-refractivity contribution in [1.82, 2.24) is 0 Å². The van der Waals surface area contributed by atoms with Crippen molar-refractivity contribution in [3.05, 3.63) is 53.6 Å². The van der Waals surface area contributed by atoms with Gasteiger partial charge in [-0.3, -0.25) is 4.79 Å². The van der Waals surface area contributed by atoms with Crippen LogP contribution in [0, 0.1) is 6.92 Å². The Balaban J connectivity index is 2.14. The third-order valence-electron chi connectivity index (χ3n) is 3.74. The lowest BCUT2D eigenvalue weighted by Gasteiger charge is -2.13. The van der Waals surface area contributed by atoms with E-state index in [2.05, 4.69) is 5.32 Å². The molecule has 0 bridgehead atoms. The van der Waals surface area contributed by atoms with Crippen molar-refractivity contribution in [2.45, 2.75) is 31.8 Å². The molecule has 8 heteroatoms. The minimum absolute atomic E-state index is 0.0119. The third kappa shape index (κ3) is 5.83. The molecule has 3 N–H and O–H groups in total. The normalized spacial score (nSPS) is 11.6. The Morgan fingerprint density at radius 3 is 2.46 bits per heavy atom. The summed E-state index contributed by atoms with van der Waals surface area (Å²) in [7, 11) is -2.32. The molecule has 150 valence electrons. The molecule has 0 saturated heterocycles. The Morgan fingerprint density at radius 2 is 1.86 bits per heavy atom. The number of carbonyl (C=O) groups excluding carboxylic acids is 1. The van der Waals surface area contributed by atoms with Gasteiger partial charge in [-0.2, -0.15) is 0 Å². The average molecular weight is 404 g/mol. The molecule has 2 aromatic carbocycles. The van der Waals surface area contributed by atoms with Crippen LogP contribution in [0.5, 0.6) is 11.5 Å². The van der Waals surface area contributed by atoms with E-state index in [1.165, 1.54) is 12.1 Å². The summed E-state index contributed by atoms with van der Waals surface area (Å²) >= 11 is 0. The molecule has 1 amide bonds. The number of ether oxygens (including phenoxy) is 2. The molecule has 2 rings (SSSR count). The molecule has 2 aromatic rings. The highest BCUT2D eigenvalue weighted by atomic mass is 32.2. The van der Waals surface area contributed by atoms with Gasteiger partial charge in [0.05, 0.1) is 18.1 Å². The number of hydrogen-bond donors (Lipinski definition) is 2. The lowest BCUT2D eigenvalue weighted by molar-refractivity contribution is -0.111. The summed E-state index contributed by atoms with van der Waals surface area (Å²) in [6.45, 7) is 5.47. The quantitative estimate of drug-likeness (QED) is 0.690. The van der Waals surface area contributed by atoms with Crippen LogP contribution in [0.4, 0.5) is 5.69 Å². The van der Waals surface area contributed by atoms with E-state index in [1.54, 1.807) is 50.4 Å². The highest BCUT2D eigenvalue weighted by Crippen LogP contribution is 2.29. The predicted octanol–water partition coefficient (Wildman–Crippen LogP) is 3.09. The highest BCUT2D eigenvalue weighted by molar-refractivity contribution is 7.89. The van der Waals surface area contributed by atoms with Gasteiger partial charge >= 0.3 is 0 Å². The van der Waals surface area contributed by atoms with Crippen LogP contribution >= 0.6 is 0 Å². The molecular weight excluding hydrogens is 380 g/mol. The number of amides is 1. The second-order valence-electron chi connectivity index (χ2n) is 6.42. The molecule has 0 fully saturated rings. The van der Waals surface area contributed by atoms with E-state index in [-0.39, 0.29) is 11.0 Å². The fourth-order valence-electron chi connectivity index (χ4n) is 2.48. The Morgan fingerprint density at radius 1 is 1.14 bits per heavy atom.